The van der Waals surface area contributed by atoms with Crippen molar-refractivity contribution in [2.45, 2.75) is 13.3 Å². The highest BCUT2D eigenvalue weighted by atomic mass is 32.1. The summed E-state index contributed by atoms with van der Waals surface area (Å²) in [6, 6.07) is 18.1. The number of hydrogen-bond donors (Lipinski definition) is 1. The highest BCUT2D eigenvalue weighted by Crippen LogP contribution is 2.21. The van der Waals surface area contributed by atoms with Crippen molar-refractivity contribution in [3.63, 3.8) is 0 Å². The van der Waals surface area contributed by atoms with E-state index in [1.807, 2.05) is 36.5 Å². The first kappa shape index (κ1) is 16.1. The summed E-state index contributed by atoms with van der Waals surface area (Å²) >= 11 is 1.51. The standard InChI is InChI=1S/C20H18N2OS/c1-15-6-5-9-17(12-15)13-18-14-21-20(24-18)22-19(23)11-10-16-7-3-2-4-8-16/h2-12,14H,13H2,1H3,(H,21,22,23)/b11-10+. The van der Waals surface area contributed by atoms with E-state index in [4.69, 9.17) is 0 Å². The van der Waals surface area contributed by atoms with Gasteiger partial charge in [-0.1, -0.05) is 60.2 Å². The Morgan fingerprint density at radius 2 is 2.00 bits per heavy atom. The molecule has 3 rings (SSSR count). The van der Waals surface area contributed by atoms with Gasteiger partial charge in [0.15, 0.2) is 5.13 Å². The number of rotatable bonds is 5. The molecule has 0 saturated carbocycles. The normalized spacial score (nSPS) is 10.9. The minimum absolute atomic E-state index is 0.171. The molecule has 0 spiro atoms. The molecule has 3 nitrogen and oxygen atoms in total. The number of anilines is 1. The van der Waals surface area contributed by atoms with Gasteiger partial charge >= 0.3 is 0 Å². The molecular weight excluding hydrogens is 316 g/mol. The largest absolute Gasteiger partial charge is 0.298 e. The molecule has 0 aliphatic heterocycles. The number of nitrogens with one attached hydrogen (secondary N) is 1. The molecule has 120 valence electrons. The Bertz CT molecular complexity index is 853. The molecule has 2 aromatic carbocycles. The van der Waals surface area contributed by atoms with Gasteiger partial charge in [0.05, 0.1) is 0 Å². The number of thiazole rings is 1. The first-order chi connectivity index (χ1) is 11.7. The molecule has 1 aromatic heterocycles. The predicted octanol–water partition coefficient (Wildman–Crippen LogP) is 4.69. The van der Waals surface area contributed by atoms with Crippen LogP contribution < -0.4 is 5.32 Å². The first-order valence-corrected chi connectivity index (χ1v) is 8.55. The lowest BCUT2D eigenvalue weighted by Gasteiger charge is -1.99. The number of benzene rings is 2. The molecule has 0 fully saturated rings. The lowest BCUT2D eigenvalue weighted by Crippen LogP contribution is -2.06. The van der Waals surface area contributed by atoms with Crippen molar-refractivity contribution in [2.24, 2.45) is 0 Å². The van der Waals surface area contributed by atoms with Crippen LogP contribution in [0.4, 0.5) is 5.13 Å². The summed E-state index contributed by atoms with van der Waals surface area (Å²) in [6.07, 6.45) is 5.96. The summed E-state index contributed by atoms with van der Waals surface area (Å²) in [4.78, 5) is 17.4. The van der Waals surface area contributed by atoms with Crippen LogP contribution in [0, 0.1) is 6.92 Å². The van der Waals surface area contributed by atoms with Gasteiger partial charge in [0.1, 0.15) is 0 Å². The van der Waals surface area contributed by atoms with E-state index in [2.05, 4.69) is 41.5 Å². The lowest BCUT2D eigenvalue weighted by molar-refractivity contribution is -0.111. The average molecular weight is 334 g/mol. The summed E-state index contributed by atoms with van der Waals surface area (Å²) in [5, 5.41) is 3.44. The number of carbonyl (C=O) groups is 1. The summed E-state index contributed by atoms with van der Waals surface area (Å²) in [6.45, 7) is 2.08. The molecular formula is C20H18N2OS. The molecule has 0 aliphatic carbocycles. The van der Waals surface area contributed by atoms with Crippen LogP contribution in [0.15, 0.2) is 66.9 Å². The number of nitrogens with zero attached hydrogens (tertiary/aromatic N) is 1. The molecule has 0 unspecified atom stereocenters. The monoisotopic (exact) mass is 334 g/mol. The minimum atomic E-state index is -0.171. The Hall–Kier alpha value is -2.72. The minimum Gasteiger partial charge on any atom is -0.298 e. The maximum atomic E-state index is 12.0. The van der Waals surface area contributed by atoms with E-state index in [1.54, 1.807) is 6.08 Å². The van der Waals surface area contributed by atoms with Crippen LogP contribution in [0.3, 0.4) is 0 Å². The van der Waals surface area contributed by atoms with Gasteiger partial charge in [-0.3, -0.25) is 10.1 Å². The molecule has 0 saturated heterocycles. The zero-order chi connectivity index (χ0) is 16.8. The van der Waals surface area contributed by atoms with Crippen molar-refractivity contribution in [3.8, 4) is 0 Å². The molecule has 24 heavy (non-hydrogen) atoms. The smallest absolute Gasteiger partial charge is 0.250 e. The van der Waals surface area contributed by atoms with Gasteiger partial charge in [-0.05, 0) is 24.1 Å². The Morgan fingerprint density at radius 1 is 1.17 bits per heavy atom. The van der Waals surface area contributed by atoms with E-state index in [1.165, 1.54) is 28.5 Å². The molecule has 0 radical (unpaired) electrons. The maximum Gasteiger partial charge on any atom is 0.250 e. The van der Waals surface area contributed by atoms with Crippen molar-refractivity contribution in [1.29, 1.82) is 0 Å². The fraction of sp³-hybridized carbons (Fsp3) is 0.100. The third kappa shape index (κ3) is 4.64. The number of carbonyl (C=O) groups excluding carboxylic acids is 1. The SMILES string of the molecule is Cc1cccc(Cc2cnc(NC(=O)/C=C/c3ccccc3)s2)c1. The first-order valence-electron chi connectivity index (χ1n) is 7.73. The van der Waals surface area contributed by atoms with Crippen LogP contribution in [-0.2, 0) is 11.2 Å². The fourth-order valence-corrected chi connectivity index (χ4v) is 3.20. The average Bonchev–Trinajstić information content (AvgIpc) is 3.01. The van der Waals surface area contributed by atoms with Crippen molar-refractivity contribution in [3.05, 3.63) is 88.4 Å². The van der Waals surface area contributed by atoms with Crippen molar-refractivity contribution in [2.75, 3.05) is 5.32 Å². The van der Waals surface area contributed by atoms with Crippen LogP contribution in [0.2, 0.25) is 0 Å². The van der Waals surface area contributed by atoms with Crippen molar-refractivity contribution >= 4 is 28.5 Å². The zero-order valence-electron chi connectivity index (χ0n) is 13.4. The molecule has 1 amide bonds. The predicted molar refractivity (Wildman–Crippen MR) is 100 cm³/mol. The Kier molecular flexibility index (Phi) is 5.18. The Balaban J connectivity index is 1.59. The molecule has 1 heterocycles. The van der Waals surface area contributed by atoms with Crippen LogP contribution in [0.25, 0.3) is 6.08 Å². The summed E-state index contributed by atoms with van der Waals surface area (Å²) in [7, 11) is 0. The number of aryl methyl sites for hydroxylation is 1. The number of aromatic nitrogens is 1. The van der Waals surface area contributed by atoms with Gasteiger partial charge in [0.25, 0.3) is 0 Å². The lowest BCUT2D eigenvalue weighted by atomic mass is 10.1. The molecule has 0 aliphatic rings. The van der Waals surface area contributed by atoms with Crippen LogP contribution in [0.5, 0.6) is 0 Å². The highest BCUT2D eigenvalue weighted by Gasteiger charge is 2.05. The topological polar surface area (TPSA) is 42.0 Å². The van der Waals surface area contributed by atoms with Crippen molar-refractivity contribution in [1.82, 2.24) is 4.98 Å². The third-order valence-electron chi connectivity index (χ3n) is 3.47. The molecule has 1 N–H and O–H groups in total. The van der Waals surface area contributed by atoms with E-state index in [-0.39, 0.29) is 5.91 Å². The summed E-state index contributed by atoms with van der Waals surface area (Å²) < 4.78 is 0. The zero-order valence-corrected chi connectivity index (χ0v) is 14.2. The van der Waals surface area contributed by atoms with Crippen LogP contribution >= 0.6 is 11.3 Å². The summed E-state index contributed by atoms with van der Waals surface area (Å²) in [5.74, 6) is -0.171. The van der Waals surface area contributed by atoms with Gasteiger partial charge in [-0.25, -0.2) is 4.98 Å². The second-order valence-electron chi connectivity index (χ2n) is 5.53. The molecule has 3 aromatic rings. The molecule has 0 atom stereocenters. The van der Waals surface area contributed by atoms with Gasteiger partial charge in [0, 0.05) is 23.6 Å². The van der Waals surface area contributed by atoms with Gasteiger partial charge < -0.3 is 0 Å². The van der Waals surface area contributed by atoms with E-state index in [9.17, 15) is 4.79 Å². The van der Waals surface area contributed by atoms with Crippen LogP contribution in [-0.4, -0.2) is 10.9 Å². The van der Waals surface area contributed by atoms with Gasteiger partial charge in [-0.2, -0.15) is 0 Å². The quantitative estimate of drug-likeness (QED) is 0.688. The van der Waals surface area contributed by atoms with E-state index in [0.29, 0.717) is 5.13 Å². The second-order valence-corrected chi connectivity index (χ2v) is 6.65. The number of amides is 1. The highest BCUT2D eigenvalue weighted by molar-refractivity contribution is 7.15. The van der Waals surface area contributed by atoms with Crippen LogP contribution in [0.1, 0.15) is 21.6 Å². The Morgan fingerprint density at radius 3 is 2.79 bits per heavy atom. The summed E-state index contributed by atoms with van der Waals surface area (Å²) in [5.41, 5.74) is 3.49. The van der Waals surface area contributed by atoms with E-state index >= 15 is 0 Å². The molecule has 0 bridgehead atoms. The van der Waals surface area contributed by atoms with E-state index < -0.39 is 0 Å². The number of hydrogen-bond acceptors (Lipinski definition) is 3. The fourth-order valence-electron chi connectivity index (χ4n) is 2.35. The van der Waals surface area contributed by atoms with E-state index in [0.717, 1.165) is 16.9 Å². The third-order valence-corrected chi connectivity index (χ3v) is 4.38. The Labute approximate surface area is 145 Å². The van der Waals surface area contributed by atoms with Crippen molar-refractivity contribution < 1.29 is 4.79 Å². The van der Waals surface area contributed by atoms with Gasteiger partial charge in [-0.15, -0.1) is 11.3 Å². The molecule has 4 heteroatoms. The maximum absolute atomic E-state index is 12.0. The van der Waals surface area contributed by atoms with Gasteiger partial charge in [0.2, 0.25) is 5.91 Å². The second kappa shape index (κ2) is 7.70.